The van der Waals surface area contributed by atoms with Gasteiger partial charge in [-0.2, -0.15) is 11.8 Å². The zero-order valence-corrected chi connectivity index (χ0v) is 13.9. The molecule has 0 spiro atoms. The first kappa shape index (κ1) is 17.3. The summed E-state index contributed by atoms with van der Waals surface area (Å²) in [6.07, 6.45) is 0. The first-order valence-corrected chi connectivity index (χ1v) is 8.58. The van der Waals surface area contributed by atoms with Crippen molar-refractivity contribution in [1.82, 2.24) is 5.32 Å². The fourth-order valence-electron chi connectivity index (χ4n) is 2.01. The minimum absolute atomic E-state index is 0.0940. The summed E-state index contributed by atoms with van der Waals surface area (Å²) in [7, 11) is 0. The molecule has 0 aromatic heterocycles. The summed E-state index contributed by atoms with van der Waals surface area (Å²) in [6, 6.07) is 14.4. The average Bonchev–Trinajstić information content (AvgIpc) is 2.54. The Bertz CT molecular complexity index is 648. The highest BCUT2D eigenvalue weighted by atomic mass is 32.2. The molecule has 0 heterocycles. The van der Waals surface area contributed by atoms with E-state index in [9.17, 15) is 9.18 Å². The van der Waals surface area contributed by atoms with Gasteiger partial charge in [-0.15, -0.1) is 0 Å². The van der Waals surface area contributed by atoms with Crippen molar-refractivity contribution < 1.29 is 13.9 Å². The first-order chi connectivity index (χ1) is 11.1. The zero-order valence-electron chi connectivity index (χ0n) is 13.0. The molecule has 1 amide bonds. The molecule has 2 aromatic rings. The quantitative estimate of drug-likeness (QED) is 0.751. The van der Waals surface area contributed by atoms with Crippen molar-refractivity contribution >= 4 is 17.7 Å². The van der Waals surface area contributed by atoms with Crippen LogP contribution in [0.2, 0.25) is 0 Å². The minimum atomic E-state index is -0.464. The molecule has 0 radical (unpaired) electrons. The number of rotatable bonds is 8. The number of thioether (sulfide) groups is 1. The smallest absolute Gasteiger partial charge is 0.257 e. The summed E-state index contributed by atoms with van der Waals surface area (Å²) in [6.45, 7) is 2.46. The lowest BCUT2D eigenvalue weighted by atomic mass is 10.2. The molecular formula is C18H20FNO2S. The predicted octanol–water partition coefficient (Wildman–Crippen LogP) is 3.56. The summed E-state index contributed by atoms with van der Waals surface area (Å²) < 4.78 is 18.5. The van der Waals surface area contributed by atoms with Crippen molar-refractivity contribution in [3.8, 4) is 5.75 Å². The molecule has 0 saturated carbocycles. The molecule has 3 nitrogen and oxygen atoms in total. The molecule has 0 unspecified atom stereocenters. The summed E-state index contributed by atoms with van der Waals surface area (Å²) in [4.78, 5) is 11.6. The van der Waals surface area contributed by atoms with Gasteiger partial charge in [-0.1, -0.05) is 42.0 Å². The second-order valence-corrected chi connectivity index (χ2v) is 6.22. The molecule has 0 aliphatic carbocycles. The van der Waals surface area contributed by atoms with Gasteiger partial charge in [0.05, 0.1) is 0 Å². The van der Waals surface area contributed by atoms with Crippen LogP contribution in [0.4, 0.5) is 4.39 Å². The van der Waals surface area contributed by atoms with Crippen LogP contribution >= 0.6 is 11.8 Å². The Morgan fingerprint density at radius 1 is 1.22 bits per heavy atom. The number of halogens is 1. The van der Waals surface area contributed by atoms with Gasteiger partial charge in [-0.05, 0) is 24.6 Å². The van der Waals surface area contributed by atoms with Gasteiger partial charge in [-0.25, -0.2) is 4.39 Å². The van der Waals surface area contributed by atoms with Crippen molar-refractivity contribution in [2.45, 2.75) is 12.7 Å². The van der Waals surface area contributed by atoms with Crippen LogP contribution in [0.1, 0.15) is 11.1 Å². The van der Waals surface area contributed by atoms with E-state index in [4.69, 9.17) is 4.74 Å². The van der Waals surface area contributed by atoms with Gasteiger partial charge < -0.3 is 10.1 Å². The molecule has 2 aromatic carbocycles. The maximum atomic E-state index is 13.3. The molecule has 2 rings (SSSR count). The van der Waals surface area contributed by atoms with E-state index >= 15 is 0 Å². The number of carbonyl (C=O) groups is 1. The number of benzene rings is 2. The number of nitrogens with one attached hydrogen (secondary N) is 1. The monoisotopic (exact) mass is 333 g/mol. The predicted molar refractivity (Wildman–Crippen MR) is 92.2 cm³/mol. The summed E-state index contributed by atoms with van der Waals surface area (Å²) >= 11 is 1.76. The third-order valence-corrected chi connectivity index (χ3v) is 4.15. The first-order valence-electron chi connectivity index (χ1n) is 7.42. The third kappa shape index (κ3) is 6.32. The third-order valence-electron chi connectivity index (χ3n) is 3.12. The van der Waals surface area contributed by atoms with Crippen molar-refractivity contribution in [3.63, 3.8) is 0 Å². The van der Waals surface area contributed by atoms with Crippen LogP contribution in [0.5, 0.6) is 5.75 Å². The number of aryl methyl sites for hydroxylation is 1. The summed E-state index contributed by atoms with van der Waals surface area (Å²) in [5.41, 5.74) is 2.53. The molecule has 23 heavy (non-hydrogen) atoms. The van der Waals surface area contributed by atoms with Crippen LogP contribution in [0.25, 0.3) is 0 Å². The molecule has 0 aliphatic rings. The molecule has 122 valence electrons. The lowest BCUT2D eigenvalue weighted by Gasteiger charge is -2.08. The molecule has 0 aliphatic heterocycles. The van der Waals surface area contributed by atoms with Crippen LogP contribution in [0.3, 0.4) is 0 Å². The van der Waals surface area contributed by atoms with Crippen molar-refractivity contribution in [2.75, 3.05) is 18.9 Å². The summed E-state index contributed by atoms with van der Waals surface area (Å²) in [5, 5.41) is 2.76. The molecule has 0 saturated heterocycles. The zero-order chi connectivity index (χ0) is 16.5. The lowest BCUT2D eigenvalue weighted by Crippen LogP contribution is -2.30. The second-order valence-electron chi connectivity index (χ2n) is 5.11. The maximum Gasteiger partial charge on any atom is 0.257 e. The van der Waals surface area contributed by atoms with Gasteiger partial charge >= 0.3 is 0 Å². The Hall–Kier alpha value is -2.01. The fraction of sp³-hybridized carbons (Fsp3) is 0.278. The van der Waals surface area contributed by atoms with E-state index in [1.807, 2.05) is 6.07 Å². The molecule has 0 atom stereocenters. The number of ether oxygens (including phenoxy) is 1. The van der Waals surface area contributed by atoms with Crippen LogP contribution < -0.4 is 10.1 Å². The normalized spacial score (nSPS) is 10.3. The van der Waals surface area contributed by atoms with Crippen LogP contribution in [-0.4, -0.2) is 24.8 Å². The molecule has 5 heteroatoms. The number of para-hydroxylation sites is 1. The molecule has 0 fully saturated rings. The Balaban J connectivity index is 1.59. The van der Waals surface area contributed by atoms with E-state index < -0.39 is 5.82 Å². The van der Waals surface area contributed by atoms with Gasteiger partial charge in [-0.3, -0.25) is 4.79 Å². The van der Waals surface area contributed by atoms with Crippen LogP contribution in [-0.2, 0) is 10.5 Å². The second kappa shape index (κ2) is 9.20. The highest BCUT2D eigenvalue weighted by molar-refractivity contribution is 7.98. The highest BCUT2D eigenvalue weighted by Crippen LogP contribution is 2.15. The molecular weight excluding hydrogens is 313 g/mol. The standard InChI is InChI=1S/C18H20FNO2S/c1-14-5-4-6-15(11-14)13-23-10-9-20-18(21)12-22-17-8-3-2-7-16(17)19/h2-8,11H,9-10,12-13H2,1H3,(H,20,21). The number of amides is 1. The maximum absolute atomic E-state index is 13.3. The Labute approximate surface area is 140 Å². The highest BCUT2D eigenvalue weighted by Gasteiger charge is 2.05. The summed E-state index contributed by atoms with van der Waals surface area (Å²) in [5.74, 6) is 1.12. The van der Waals surface area contributed by atoms with Gasteiger partial charge in [0.1, 0.15) is 0 Å². The average molecular weight is 333 g/mol. The van der Waals surface area contributed by atoms with Crippen LogP contribution in [0, 0.1) is 12.7 Å². The van der Waals surface area contributed by atoms with E-state index in [1.54, 1.807) is 23.9 Å². The van der Waals surface area contributed by atoms with Crippen LogP contribution in [0.15, 0.2) is 48.5 Å². The Morgan fingerprint density at radius 3 is 2.83 bits per heavy atom. The Kier molecular flexibility index (Phi) is 6.94. The SMILES string of the molecule is Cc1cccc(CSCCNC(=O)COc2ccccc2F)c1. The van der Waals surface area contributed by atoms with Gasteiger partial charge in [0.25, 0.3) is 5.91 Å². The van der Waals surface area contributed by atoms with Crippen molar-refractivity contribution in [1.29, 1.82) is 0 Å². The van der Waals surface area contributed by atoms with E-state index in [0.29, 0.717) is 6.54 Å². The van der Waals surface area contributed by atoms with Crippen molar-refractivity contribution in [3.05, 3.63) is 65.5 Å². The van der Waals surface area contributed by atoms with Gasteiger partial charge in [0.2, 0.25) is 0 Å². The number of carbonyl (C=O) groups excluding carboxylic acids is 1. The number of hydrogen-bond donors (Lipinski definition) is 1. The Morgan fingerprint density at radius 2 is 2.04 bits per heavy atom. The van der Waals surface area contributed by atoms with Crippen molar-refractivity contribution in [2.24, 2.45) is 0 Å². The lowest BCUT2D eigenvalue weighted by molar-refractivity contribution is -0.123. The minimum Gasteiger partial charge on any atom is -0.481 e. The van der Waals surface area contributed by atoms with E-state index in [1.165, 1.54) is 23.3 Å². The van der Waals surface area contributed by atoms with E-state index in [0.717, 1.165) is 11.5 Å². The van der Waals surface area contributed by atoms with E-state index in [2.05, 4.69) is 30.4 Å². The largest absolute Gasteiger partial charge is 0.481 e. The van der Waals surface area contributed by atoms with Gasteiger partial charge in [0.15, 0.2) is 18.2 Å². The molecule has 1 N–H and O–H groups in total. The topological polar surface area (TPSA) is 38.3 Å². The number of hydrogen-bond acceptors (Lipinski definition) is 3. The van der Waals surface area contributed by atoms with E-state index in [-0.39, 0.29) is 18.3 Å². The fourth-order valence-corrected chi connectivity index (χ4v) is 2.82. The molecule has 0 bridgehead atoms. The van der Waals surface area contributed by atoms with Gasteiger partial charge in [0, 0.05) is 18.1 Å².